The predicted molar refractivity (Wildman–Crippen MR) is 79.0 cm³/mol. The molecule has 0 spiro atoms. The SMILES string of the molecule is CCOC(=O)[C@@H](C)Oc1ccc2oc(C)c(C(=O)OC)c2c1. The summed E-state index contributed by atoms with van der Waals surface area (Å²) in [6, 6.07) is 5.00. The second kappa shape index (κ2) is 6.51. The van der Waals surface area contributed by atoms with Gasteiger partial charge in [-0.2, -0.15) is 0 Å². The predicted octanol–water partition coefficient (Wildman–Crippen LogP) is 2.86. The van der Waals surface area contributed by atoms with Gasteiger partial charge in [-0.3, -0.25) is 0 Å². The fourth-order valence-corrected chi connectivity index (χ4v) is 2.14. The molecule has 2 rings (SSSR count). The number of benzene rings is 1. The fraction of sp³-hybridized carbons (Fsp3) is 0.375. The summed E-state index contributed by atoms with van der Waals surface area (Å²) >= 11 is 0. The Bertz CT molecular complexity index is 700. The van der Waals surface area contributed by atoms with E-state index in [-0.39, 0.29) is 0 Å². The molecular weight excluding hydrogens is 288 g/mol. The van der Waals surface area contributed by atoms with Crippen LogP contribution in [0.25, 0.3) is 11.0 Å². The molecule has 118 valence electrons. The van der Waals surface area contributed by atoms with Gasteiger partial charge in [0.25, 0.3) is 0 Å². The summed E-state index contributed by atoms with van der Waals surface area (Å²) in [5.74, 6) is -0.0116. The Morgan fingerprint density at radius 3 is 2.68 bits per heavy atom. The summed E-state index contributed by atoms with van der Waals surface area (Å²) in [6.45, 7) is 5.31. The van der Waals surface area contributed by atoms with Gasteiger partial charge in [0.15, 0.2) is 6.10 Å². The van der Waals surface area contributed by atoms with Crippen molar-refractivity contribution in [1.29, 1.82) is 0 Å². The maximum atomic E-state index is 11.8. The number of methoxy groups -OCH3 is 1. The average molecular weight is 306 g/mol. The number of carbonyl (C=O) groups excluding carboxylic acids is 2. The minimum atomic E-state index is -0.744. The van der Waals surface area contributed by atoms with Crippen molar-refractivity contribution in [3.63, 3.8) is 0 Å². The van der Waals surface area contributed by atoms with Crippen LogP contribution in [0, 0.1) is 6.92 Å². The third-order valence-electron chi connectivity index (χ3n) is 3.16. The maximum Gasteiger partial charge on any atom is 0.347 e. The van der Waals surface area contributed by atoms with Gasteiger partial charge in [0.1, 0.15) is 22.7 Å². The average Bonchev–Trinajstić information content (AvgIpc) is 2.82. The zero-order chi connectivity index (χ0) is 16.3. The van der Waals surface area contributed by atoms with Crippen LogP contribution < -0.4 is 4.74 Å². The van der Waals surface area contributed by atoms with Gasteiger partial charge in [0.2, 0.25) is 0 Å². The Morgan fingerprint density at radius 1 is 1.32 bits per heavy atom. The molecule has 0 N–H and O–H groups in total. The Labute approximate surface area is 127 Å². The molecule has 0 amide bonds. The maximum absolute atomic E-state index is 11.8. The molecule has 1 aromatic heterocycles. The smallest absolute Gasteiger partial charge is 0.347 e. The van der Waals surface area contributed by atoms with E-state index in [1.165, 1.54) is 7.11 Å². The van der Waals surface area contributed by atoms with Crippen LogP contribution in [0.5, 0.6) is 5.75 Å². The second-order valence-electron chi connectivity index (χ2n) is 4.69. The van der Waals surface area contributed by atoms with E-state index in [4.69, 9.17) is 18.6 Å². The molecule has 6 nitrogen and oxygen atoms in total. The third kappa shape index (κ3) is 3.05. The standard InChI is InChI=1S/C16H18O6/c1-5-20-15(17)10(3)21-11-6-7-13-12(8-11)14(9(2)22-13)16(18)19-4/h6-8,10H,5H2,1-4H3/t10-/m1/s1. The minimum absolute atomic E-state index is 0.291. The minimum Gasteiger partial charge on any atom is -0.479 e. The van der Waals surface area contributed by atoms with E-state index in [1.807, 2.05) is 0 Å². The molecule has 0 radical (unpaired) electrons. The molecule has 6 heteroatoms. The lowest BCUT2D eigenvalue weighted by Gasteiger charge is -2.13. The highest BCUT2D eigenvalue weighted by molar-refractivity contribution is 6.04. The molecule has 0 saturated heterocycles. The number of hydrogen-bond acceptors (Lipinski definition) is 6. The first-order valence-electron chi connectivity index (χ1n) is 6.92. The van der Waals surface area contributed by atoms with Crippen LogP contribution >= 0.6 is 0 Å². The van der Waals surface area contributed by atoms with Gasteiger partial charge >= 0.3 is 11.9 Å². The number of furan rings is 1. The molecule has 0 fully saturated rings. The van der Waals surface area contributed by atoms with Gasteiger partial charge in [-0.05, 0) is 39.0 Å². The highest BCUT2D eigenvalue weighted by Crippen LogP contribution is 2.30. The van der Waals surface area contributed by atoms with E-state index in [0.717, 1.165) is 0 Å². The van der Waals surface area contributed by atoms with Gasteiger partial charge < -0.3 is 18.6 Å². The molecule has 0 aliphatic rings. The number of esters is 2. The Balaban J connectivity index is 2.33. The summed E-state index contributed by atoms with van der Waals surface area (Å²) in [5, 5.41) is 0.581. The van der Waals surface area contributed by atoms with E-state index in [0.29, 0.717) is 34.6 Å². The summed E-state index contributed by atoms with van der Waals surface area (Å²) in [6.07, 6.45) is -0.744. The molecule has 1 atom stereocenters. The lowest BCUT2D eigenvalue weighted by molar-refractivity contribution is -0.150. The summed E-state index contributed by atoms with van der Waals surface area (Å²) in [4.78, 5) is 23.4. The molecule has 0 unspecified atom stereocenters. The van der Waals surface area contributed by atoms with Gasteiger partial charge in [-0.15, -0.1) is 0 Å². The first-order valence-corrected chi connectivity index (χ1v) is 6.92. The van der Waals surface area contributed by atoms with Gasteiger partial charge in [0, 0.05) is 5.39 Å². The highest BCUT2D eigenvalue weighted by Gasteiger charge is 2.21. The molecule has 1 aromatic carbocycles. The topological polar surface area (TPSA) is 75.0 Å². The van der Waals surface area contributed by atoms with Crippen LogP contribution in [-0.2, 0) is 14.3 Å². The van der Waals surface area contributed by atoms with Gasteiger partial charge in [0.05, 0.1) is 13.7 Å². The molecule has 0 aliphatic carbocycles. The normalized spacial score (nSPS) is 12.0. The monoisotopic (exact) mass is 306 g/mol. The summed E-state index contributed by atoms with van der Waals surface area (Å²) in [7, 11) is 1.31. The molecule has 22 heavy (non-hydrogen) atoms. The Hall–Kier alpha value is -2.50. The molecular formula is C16H18O6. The van der Waals surface area contributed by atoms with Crippen LogP contribution in [0.15, 0.2) is 22.6 Å². The van der Waals surface area contributed by atoms with E-state index >= 15 is 0 Å². The third-order valence-corrected chi connectivity index (χ3v) is 3.16. The van der Waals surface area contributed by atoms with Gasteiger partial charge in [-0.25, -0.2) is 9.59 Å². The van der Waals surface area contributed by atoms with Crippen molar-refractivity contribution in [3.8, 4) is 5.75 Å². The van der Waals surface area contributed by atoms with Crippen LogP contribution in [0.3, 0.4) is 0 Å². The van der Waals surface area contributed by atoms with Crippen molar-refractivity contribution in [2.45, 2.75) is 26.9 Å². The van der Waals surface area contributed by atoms with Crippen molar-refractivity contribution in [3.05, 3.63) is 29.5 Å². The first kappa shape index (κ1) is 15.9. The lowest BCUT2D eigenvalue weighted by Crippen LogP contribution is -2.26. The van der Waals surface area contributed by atoms with Crippen molar-refractivity contribution in [2.24, 2.45) is 0 Å². The second-order valence-corrected chi connectivity index (χ2v) is 4.69. The van der Waals surface area contributed by atoms with E-state index < -0.39 is 18.0 Å². The summed E-state index contributed by atoms with van der Waals surface area (Å²) in [5.41, 5.74) is 0.903. The quantitative estimate of drug-likeness (QED) is 0.791. The van der Waals surface area contributed by atoms with Crippen LogP contribution in [0.4, 0.5) is 0 Å². The number of hydrogen-bond donors (Lipinski definition) is 0. The number of fused-ring (bicyclic) bond motifs is 1. The number of aryl methyl sites for hydroxylation is 1. The number of rotatable bonds is 5. The first-order chi connectivity index (χ1) is 10.5. The fourth-order valence-electron chi connectivity index (χ4n) is 2.14. The largest absolute Gasteiger partial charge is 0.479 e. The molecule has 1 heterocycles. The van der Waals surface area contributed by atoms with Gasteiger partial charge in [-0.1, -0.05) is 0 Å². The Kier molecular flexibility index (Phi) is 4.70. The van der Waals surface area contributed by atoms with E-state index in [9.17, 15) is 9.59 Å². The zero-order valence-electron chi connectivity index (χ0n) is 13.0. The molecule has 2 aromatic rings. The Morgan fingerprint density at radius 2 is 2.05 bits per heavy atom. The highest BCUT2D eigenvalue weighted by atomic mass is 16.6. The summed E-state index contributed by atoms with van der Waals surface area (Å²) < 4.78 is 20.7. The van der Waals surface area contributed by atoms with Crippen molar-refractivity contribution in [1.82, 2.24) is 0 Å². The zero-order valence-corrected chi connectivity index (χ0v) is 13.0. The van der Waals surface area contributed by atoms with E-state index in [2.05, 4.69) is 0 Å². The van der Waals surface area contributed by atoms with Crippen LogP contribution in [0.1, 0.15) is 30.0 Å². The molecule has 0 bridgehead atoms. The van der Waals surface area contributed by atoms with Crippen LogP contribution in [-0.4, -0.2) is 31.8 Å². The van der Waals surface area contributed by atoms with Crippen molar-refractivity contribution < 1.29 is 28.2 Å². The molecule has 0 aliphatic heterocycles. The van der Waals surface area contributed by atoms with Crippen molar-refractivity contribution in [2.75, 3.05) is 13.7 Å². The number of ether oxygens (including phenoxy) is 3. The lowest BCUT2D eigenvalue weighted by atomic mass is 10.1. The number of carbonyl (C=O) groups is 2. The van der Waals surface area contributed by atoms with Crippen molar-refractivity contribution >= 4 is 22.9 Å². The molecule has 0 saturated carbocycles. The van der Waals surface area contributed by atoms with E-state index in [1.54, 1.807) is 39.0 Å². The van der Waals surface area contributed by atoms with Crippen LogP contribution in [0.2, 0.25) is 0 Å².